The van der Waals surface area contributed by atoms with E-state index in [9.17, 15) is 15.5 Å². The Balaban J connectivity index is 2.69. The maximum atomic E-state index is 11.3. The van der Waals surface area contributed by atoms with Crippen molar-refractivity contribution in [2.24, 2.45) is 0 Å². The van der Waals surface area contributed by atoms with Crippen LogP contribution in [0.1, 0.15) is 5.56 Å². The van der Waals surface area contributed by atoms with Gasteiger partial charge in [0.1, 0.15) is 5.76 Å². The second-order valence-electron chi connectivity index (χ2n) is 4.45. The van der Waals surface area contributed by atoms with Crippen LogP contribution in [-0.4, -0.2) is 29.9 Å². The predicted octanol–water partition coefficient (Wildman–Crippen LogP) is 3.79. The molecule has 1 aliphatic rings. The van der Waals surface area contributed by atoms with Gasteiger partial charge in [0.05, 0.1) is 30.9 Å². The molecule has 1 aliphatic carbocycles. The number of ether oxygens (including phenoxy) is 2. The smallest absolute Gasteiger partial charge is 0.237 e. The monoisotopic (exact) mass is 356 g/mol. The molecule has 0 spiro atoms. The number of aliphatic hydroxyl groups excluding tert-OH is 1. The number of nitrogens with zero attached hydrogens (tertiary/aromatic N) is 1. The number of hydrogen-bond donors (Lipinski definition) is 1. The highest BCUT2D eigenvalue weighted by atomic mass is 35.5. The van der Waals surface area contributed by atoms with Crippen molar-refractivity contribution < 1.29 is 19.5 Å². The summed E-state index contributed by atoms with van der Waals surface area (Å²) in [5.74, 6) is 0.0574. The quantitative estimate of drug-likeness (QED) is 0.505. The second-order valence-corrected chi connectivity index (χ2v) is 5.30. The minimum Gasteiger partial charge on any atom is -0.612 e. The average Bonchev–Trinajstić information content (AvgIpc) is 2.52. The zero-order valence-electron chi connectivity index (χ0n) is 12.2. The van der Waals surface area contributed by atoms with Crippen molar-refractivity contribution in [1.82, 2.24) is 0 Å². The first-order chi connectivity index (χ1) is 10.9. The van der Waals surface area contributed by atoms with Gasteiger partial charge in [-0.2, -0.15) is 4.90 Å². The summed E-state index contributed by atoms with van der Waals surface area (Å²) in [6, 6.07) is 4.42. The van der Waals surface area contributed by atoms with Crippen molar-refractivity contribution in [2.45, 2.75) is 0 Å². The largest absolute Gasteiger partial charge is 0.612 e. The van der Waals surface area contributed by atoms with E-state index >= 15 is 0 Å². The number of methoxy groups -OCH3 is 2. The molecule has 6 nitrogen and oxygen atoms in total. The third kappa shape index (κ3) is 3.38. The molecule has 1 aromatic rings. The first-order valence-corrected chi connectivity index (χ1v) is 7.06. The molecule has 0 atom stereocenters. The van der Waals surface area contributed by atoms with E-state index in [1.165, 1.54) is 44.6 Å². The maximum absolute atomic E-state index is 11.3. The van der Waals surface area contributed by atoms with Crippen molar-refractivity contribution in [3.05, 3.63) is 73.5 Å². The van der Waals surface area contributed by atoms with Crippen LogP contribution in [0.25, 0.3) is 5.76 Å². The third-order valence-electron chi connectivity index (χ3n) is 3.14. The predicted molar refractivity (Wildman–Crippen MR) is 88.2 cm³/mol. The Morgan fingerprint density at radius 1 is 1.09 bits per heavy atom. The van der Waals surface area contributed by atoms with E-state index < -0.39 is 4.90 Å². The van der Waals surface area contributed by atoms with Gasteiger partial charge in [-0.1, -0.05) is 23.2 Å². The van der Waals surface area contributed by atoms with Crippen molar-refractivity contribution in [3.63, 3.8) is 0 Å². The summed E-state index contributed by atoms with van der Waals surface area (Å²) in [5, 5.41) is 33.6. The fourth-order valence-corrected chi connectivity index (χ4v) is 2.53. The average molecular weight is 357 g/mol. The highest BCUT2D eigenvalue weighted by Gasteiger charge is 2.26. The molecule has 0 saturated heterocycles. The third-order valence-corrected chi connectivity index (χ3v) is 3.69. The normalized spacial score (nSPS) is 16.4. The van der Waals surface area contributed by atoms with Crippen LogP contribution < -0.4 is 0 Å². The summed E-state index contributed by atoms with van der Waals surface area (Å²) in [6.45, 7) is 0. The zero-order valence-corrected chi connectivity index (χ0v) is 13.7. The van der Waals surface area contributed by atoms with Gasteiger partial charge < -0.3 is 25.0 Å². The lowest BCUT2D eigenvalue weighted by atomic mass is 9.98. The zero-order chi connectivity index (χ0) is 17.1. The maximum Gasteiger partial charge on any atom is 0.237 e. The SMILES string of the molecule is COC1=CC(=C(O)c2ccc(Cl)cc2Cl)C(=[N+]([O-])[O-])C=C1OC. The highest BCUT2D eigenvalue weighted by Crippen LogP contribution is 2.31. The molecule has 0 radical (unpaired) electrons. The van der Waals surface area contributed by atoms with Crippen LogP contribution >= 0.6 is 23.2 Å². The summed E-state index contributed by atoms with van der Waals surface area (Å²) in [6.07, 6.45) is 2.49. The lowest BCUT2D eigenvalue weighted by Crippen LogP contribution is -2.18. The molecule has 0 heterocycles. The molecule has 8 heteroatoms. The summed E-state index contributed by atoms with van der Waals surface area (Å²) in [7, 11) is 2.75. The van der Waals surface area contributed by atoms with Crippen LogP contribution in [0.3, 0.4) is 0 Å². The number of halogens is 2. The number of rotatable bonds is 3. The van der Waals surface area contributed by atoms with Gasteiger partial charge in [0.15, 0.2) is 11.5 Å². The van der Waals surface area contributed by atoms with Gasteiger partial charge in [-0.15, -0.1) is 0 Å². The summed E-state index contributed by atoms with van der Waals surface area (Å²) in [4.78, 5) is -0.628. The van der Waals surface area contributed by atoms with Crippen LogP contribution in [0.2, 0.25) is 10.0 Å². The number of hydrogen-bond acceptors (Lipinski definition) is 5. The van der Waals surface area contributed by atoms with Crippen LogP contribution in [0.5, 0.6) is 0 Å². The number of aliphatic hydroxyl groups is 1. The molecular weight excluding hydrogens is 345 g/mol. The molecule has 0 amide bonds. The van der Waals surface area contributed by atoms with Crippen molar-refractivity contribution >= 4 is 34.7 Å². The summed E-state index contributed by atoms with van der Waals surface area (Å²) in [5.41, 5.74) is -0.172. The van der Waals surface area contributed by atoms with E-state index in [1.54, 1.807) is 0 Å². The molecule has 0 aliphatic heterocycles. The Bertz CT molecular complexity index is 761. The van der Waals surface area contributed by atoms with E-state index in [0.29, 0.717) is 5.02 Å². The van der Waals surface area contributed by atoms with Crippen molar-refractivity contribution in [1.29, 1.82) is 0 Å². The Morgan fingerprint density at radius 3 is 2.22 bits per heavy atom. The topological polar surface area (TPSA) is 87.8 Å². The van der Waals surface area contributed by atoms with Crippen molar-refractivity contribution in [2.75, 3.05) is 14.2 Å². The Kier molecular flexibility index (Phi) is 5.08. The van der Waals surface area contributed by atoms with E-state index in [-0.39, 0.29) is 39.1 Å². The highest BCUT2D eigenvalue weighted by molar-refractivity contribution is 6.35. The van der Waals surface area contributed by atoms with E-state index in [2.05, 4.69) is 0 Å². The lowest BCUT2D eigenvalue weighted by Gasteiger charge is -2.19. The number of benzene rings is 1. The first kappa shape index (κ1) is 17.1. The fraction of sp³-hybridized carbons (Fsp3) is 0.133. The molecule has 2 rings (SSSR count). The van der Waals surface area contributed by atoms with Crippen LogP contribution in [0, 0.1) is 10.4 Å². The van der Waals surface area contributed by atoms with Gasteiger partial charge in [-0.3, -0.25) is 0 Å². The number of allylic oxidation sites excluding steroid dienone is 3. The van der Waals surface area contributed by atoms with Gasteiger partial charge in [0, 0.05) is 16.7 Å². The van der Waals surface area contributed by atoms with Gasteiger partial charge in [0.2, 0.25) is 5.71 Å². The molecule has 1 aromatic carbocycles. The van der Waals surface area contributed by atoms with Gasteiger partial charge in [0.25, 0.3) is 0 Å². The minimum absolute atomic E-state index is 0.0446. The molecule has 23 heavy (non-hydrogen) atoms. The Hall–Kier alpha value is -2.31. The standard InChI is InChI=1S/C15H12Cl2NO5/c1-22-13-6-10(12(18(20)21)7-14(13)23-2)15(19)9-4-3-8(16)5-11(9)17/h3-7H,1-2H3,(H-,19,20,21)/q-1. The molecular formula is C15H12Cl2NO5-. The van der Waals surface area contributed by atoms with Gasteiger partial charge in [-0.25, -0.2) is 0 Å². The van der Waals surface area contributed by atoms with Gasteiger partial charge >= 0.3 is 0 Å². The molecule has 0 aromatic heterocycles. The molecule has 0 saturated carbocycles. The lowest BCUT2D eigenvalue weighted by molar-refractivity contribution is -0.377. The summed E-state index contributed by atoms with van der Waals surface area (Å²) < 4.78 is 10.2. The van der Waals surface area contributed by atoms with Crippen LogP contribution in [0.15, 0.2) is 47.4 Å². The minimum atomic E-state index is -0.628. The Labute approximate surface area is 142 Å². The van der Waals surface area contributed by atoms with Crippen molar-refractivity contribution in [3.8, 4) is 0 Å². The van der Waals surface area contributed by atoms with E-state index in [1.807, 2.05) is 0 Å². The second kappa shape index (κ2) is 6.85. The molecule has 0 fully saturated rings. The van der Waals surface area contributed by atoms with Crippen LogP contribution in [0.4, 0.5) is 0 Å². The van der Waals surface area contributed by atoms with E-state index in [0.717, 1.165) is 0 Å². The van der Waals surface area contributed by atoms with Crippen LogP contribution in [-0.2, 0) is 9.47 Å². The molecule has 1 N–H and O–H groups in total. The Morgan fingerprint density at radius 2 is 1.70 bits per heavy atom. The van der Waals surface area contributed by atoms with E-state index in [4.69, 9.17) is 32.7 Å². The molecule has 0 bridgehead atoms. The fourth-order valence-electron chi connectivity index (χ4n) is 2.04. The first-order valence-electron chi connectivity index (χ1n) is 6.31. The molecule has 0 unspecified atom stereocenters. The molecule has 122 valence electrons. The van der Waals surface area contributed by atoms with Gasteiger partial charge in [-0.05, 0) is 18.2 Å². The summed E-state index contributed by atoms with van der Waals surface area (Å²) >= 11 is 11.9.